The lowest BCUT2D eigenvalue weighted by Gasteiger charge is -2.04. The molecule has 0 unspecified atom stereocenters. The Bertz CT molecular complexity index is 482. The number of primary amides is 1. The van der Waals surface area contributed by atoms with E-state index in [0.717, 1.165) is 12.3 Å². The summed E-state index contributed by atoms with van der Waals surface area (Å²) in [4.78, 5) is 13.4. The molecular formula is C6H7N3O4S. The minimum Gasteiger partial charge on any atom is -0.397 e. The third kappa shape index (κ3) is 1.80. The summed E-state index contributed by atoms with van der Waals surface area (Å²) < 4.78 is 30.4. The molecule has 14 heavy (non-hydrogen) atoms. The summed E-state index contributed by atoms with van der Waals surface area (Å²) in [5, 5.41) is 0. The van der Waals surface area contributed by atoms with Gasteiger partial charge in [0.25, 0.3) is 16.0 Å². The molecule has 0 aliphatic carbocycles. The SMILES string of the molecule is NC(=O)c1nccc(N)c1S(=O)(=O)O. The minimum atomic E-state index is -4.60. The largest absolute Gasteiger partial charge is 0.397 e. The number of carbonyl (C=O) groups excluding carboxylic acids is 1. The van der Waals surface area contributed by atoms with Crippen LogP contribution in [0.5, 0.6) is 0 Å². The molecule has 1 rings (SSSR count). The van der Waals surface area contributed by atoms with Crippen LogP contribution in [-0.2, 0) is 10.1 Å². The average molecular weight is 217 g/mol. The van der Waals surface area contributed by atoms with Crippen LogP contribution in [0.15, 0.2) is 17.2 Å². The molecule has 0 aromatic carbocycles. The highest BCUT2D eigenvalue weighted by molar-refractivity contribution is 7.86. The Morgan fingerprint density at radius 2 is 2.07 bits per heavy atom. The van der Waals surface area contributed by atoms with Crippen molar-refractivity contribution >= 4 is 21.7 Å². The van der Waals surface area contributed by atoms with Crippen LogP contribution in [-0.4, -0.2) is 23.9 Å². The lowest BCUT2D eigenvalue weighted by molar-refractivity contribution is 0.0992. The number of nitrogens with two attached hydrogens (primary N) is 2. The Balaban J connectivity index is 3.62. The molecule has 0 saturated carbocycles. The highest BCUT2D eigenvalue weighted by Crippen LogP contribution is 2.19. The summed E-state index contributed by atoms with van der Waals surface area (Å²) >= 11 is 0. The first-order valence-corrected chi connectivity index (χ1v) is 4.80. The zero-order valence-electron chi connectivity index (χ0n) is 6.84. The highest BCUT2D eigenvalue weighted by Gasteiger charge is 2.23. The molecule has 1 aromatic rings. The van der Waals surface area contributed by atoms with Crippen molar-refractivity contribution in [1.29, 1.82) is 0 Å². The van der Waals surface area contributed by atoms with Gasteiger partial charge in [0, 0.05) is 6.20 Å². The first-order chi connectivity index (χ1) is 6.34. The normalized spacial score (nSPS) is 11.2. The molecule has 76 valence electrons. The van der Waals surface area contributed by atoms with E-state index in [1.807, 2.05) is 0 Å². The molecule has 0 aliphatic heterocycles. The molecule has 0 atom stereocenters. The fourth-order valence-electron chi connectivity index (χ4n) is 0.910. The molecule has 7 nitrogen and oxygen atoms in total. The van der Waals surface area contributed by atoms with Crippen molar-refractivity contribution in [3.8, 4) is 0 Å². The zero-order valence-corrected chi connectivity index (χ0v) is 7.65. The molecule has 1 aromatic heterocycles. The molecule has 8 heteroatoms. The van der Waals surface area contributed by atoms with Gasteiger partial charge in [0.15, 0.2) is 5.69 Å². The van der Waals surface area contributed by atoms with Crippen molar-refractivity contribution in [2.75, 3.05) is 5.73 Å². The van der Waals surface area contributed by atoms with Crippen LogP contribution in [0.25, 0.3) is 0 Å². The van der Waals surface area contributed by atoms with Gasteiger partial charge in [0.2, 0.25) is 0 Å². The molecule has 0 bridgehead atoms. The predicted octanol–water partition coefficient (Wildman–Crippen LogP) is -0.991. The Morgan fingerprint density at radius 3 is 2.43 bits per heavy atom. The number of hydrogen-bond acceptors (Lipinski definition) is 5. The second-order valence-corrected chi connectivity index (χ2v) is 3.78. The van der Waals surface area contributed by atoms with Gasteiger partial charge in [-0.2, -0.15) is 8.42 Å². The van der Waals surface area contributed by atoms with Gasteiger partial charge in [-0.1, -0.05) is 0 Å². The molecular weight excluding hydrogens is 210 g/mol. The second kappa shape index (κ2) is 3.24. The highest BCUT2D eigenvalue weighted by atomic mass is 32.2. The van der Waals surface area contributed by atoms with Gasteiger partial charge in [-0.15, -0.1) is 0 Å². The summed E-state index contributed by atoms with van der Waals surface area (Å²) in [6, 6.07) is 1.13. The fraction of sp³-hybridized carbons (Fsp3) is 0. The van der Waals surface area contributed by atoms with Gasteiger partial charge in [-0.25, -0.2) is 4.98 Å². The van der Waals surface area contributed by atoms with Crippen LogP contribution >= 0.6 is 0 Å². The van der Waals surface area contributed by atoms with E-state index in [1.54, 1.807) is 0 Å². The maximum Gasteiger partial charge on any atom is 0.298 e. The van der Waals surface area contributed by atoms with E-state index in [1.165, 1.54) is 0 Å². The molecule has 0 aliphatic rings. The Labute approximate surface area is 79.5 Å². The summed E-state index contributed by atoms with van der Waals surface area (Å²) in [5.41, 5.74) is 9.25. The van der Waals surface area contributed by atoms with Gasteiger partial charge >= 0.3 is 0 Å². The van der Waals surface area contributed by atoms with Crippen LogP contribution in [0.4, 0.5) is 5.69 Å². The van der Waals surface area contributed by atoms with Crippen molar-refractivity contribution in [1.82, 2.24) is 4.98 Å². The number of nitrogens with zero attached hydrogens (tertiary/aromatic N) is 1. The number of pyridine rings is 1. The van der Waals surface area contributed by atoms with E-state index < -0.39 is 26.6 Å². The lowest BCUT2D eigenvalue weighted by Crippen LogP contribution is -2.19. The van der Waals surface area contributed by atoms with Crippen molar-refractivity contribution in [3.05, 3.63) is 18.0 Å². The van der Waals surface area contributed by atoms with Crippen LogP contribution < -0.4 is 11.5 Å². The standard InChI is InChI=1S/C6H7N3O4S/c7-3-1-2-9-4(6(8)10)5(3)14(11,12)13/h1-2H,(H2,7,9)(H2,8,10)(H,11,12,13). The number of amides is 1. The van der Waals surface area contributed by atoms with E-state index in [9.17, 15) is 13.2 Å². The Hall–Kier alpha value is -1.67. The van der Waals surface area contributed by atoms with Crippen LogP contribution in [0, 0.1) is 0 Å². The van der Waals surface area contributed by atoms with Gasteiger partial charge in [-0.3, -0.25) is 9.35 Å². The van der Waals surface area contributed by atoms with Crippen molar-refractivity contribution in [2.45, 2.75) is 4.90 Å². The van der Waals surface area contributed by atoms with Crippen LogP contribution in [0.1, 0.15) is 10.5 Å². The molecule has 1 heterocycles. The molecule has 0 saturated heterocycles. The molecule has 1 amide bonds. The van der Waals surface area contributed by atoms with Crippen molar-refractivity contribution in [3.63, 3.8) is 0 Å². The summed E-state index contributed by atoms with van der Waals surface area (Å²) in [6.45, 7) is 0. The van der Waals surface area contributed by atoms with E-state index >= 15 is 0 Å². The maximum absolute atomic E-state index is 10.8. The third-order valence-electron chi connectivity index (χ3n) is 1.43. The number of carbonyl (C=O) groups is 1. The molecule has 0 fully saturated rings. The Kier molecular flexibility index (Phi) is 2.41. The van der Waals surface area contributed by atoms with Gasteiger partial charge in [0.1, 0.15) is 4.90 Å². The number of anilines is 1. The predicted molar refractivity (Wildman–Crippen MR) is 47.0 cm³/mol. The Morgan fingerprint density at radius 1 is 1.50 bits per heavy atom. The first kappa shape index (κ1) is 10.4. The molecule has 5 N–H and O–H groups in total. The topological polar surface area (TPSA) is 136 Å². The smallest absolute Gasteiger partial charge is 0.298 e. The van der Waals surface area contributed by atoms with E-state index in [2.05, 4.69) is 4.98 Å². The number of nitrogen functional groups attached to an aromatic ring is 1. The maximum atomic E-state index is 10.8. The fourth-order valence-corrected chi connectivity index (χ4v) is 1.67. The van der Waals surface area contributed by atoms with Gasteiger partial charge in [-0.05, 0) is 6.07 Å². The quantitative estimate of drug-likeness (QED) is 0.544. The van der Waals surface area contributed by atoms with E-state index in [4.69, 9.17) is 16.0 Å². The van der Waals surface area contributed by atoms with Gasteiger partial charge in [0.05, 0.1) is 5.69 Å². The summed E-state index contributed by atoms with van der Waals surface area (Å²) in [5.74, 6) is -1.08. The molecule has 0 radical (unpaired) electrons. The van der Waals surface area contributed by atoms with Crippen LogP contribution in [0.3, 0.4) is 0 Å². The van der Waals surface area contributed by atoms with Crippen molar-refractivity contribution < 1.29 is 17.8 Å². The second-order valence-electron chi connectivity index (χ2n) is 2.42. The van der Waals surface area contributed by atoms with Crippen LogP contribution in [0.2, 0.25) is 0 Å². The van der Waals surface area contributed by atoms with E-state index in [-0.39, 0.29) is 5.69 Å². The summed E-state index contributed by atoms with van der Waals surface area (Å²) in [6.07, 6.45) is 1.12. The van der Waals surface area contributed by atoms with Crippen molar-refractivity contribution in [2.24, 2.45) is 5.73 Å². The monoisotopic (exact) mass is 217 g/mol. The zero-order chi connectivity index (χ0) is 10.9. The number of aromatic nitrogens is 1. The lowest BCUT2D eigenvalue weighted by atomic mass is 10.3. The summed E-state index contributed by atoms with van der Waals surface area (Å²) in [7, 11) is -4.60. The number of rotatable bonds is 2. The number of hydrogen-bond donors (Lipinski definition) is 3. The third-order valence-corrected chi connectivity index (χ3v) is 2.37. The van der Waals surface area contributed by atoms with E-state index in [0.29, 0.717) is 0 Å². The van der Waals surface area contributed by atoms with Gasteiger partial charge < -0.3 is 11.5 Å². The molecule has 0 spiro atoms. The minimum absolute atomic E-state index is 0.281. The first-order valence-electron chi connectivity index (χ1n) is 3.36. The average Bonchev–Trinajstić information content (AvgIpc) is 2.01.